The highest BCUT2D eigenvalue weighted by Crippen LogP contribution is 2.29. The van der Waals surface area contributed by atoms with Crippen LogP contribution >= 0.6 is 0 Å². The van der Waals surface area contributed by atoms with Crippen molar-refractivity contribution in [2.45, 2.75) is 32.0 Å². The number of amides is 1. The minimum absolute atomic E-state index is 0.109. The van der Waals surface area contributed by atoms with Gasteiger partial charge in [0.25, 0.3) is 5.91 Å². The van der Waals surface area contributed by atoms with Gasteiger partial charge in [0.15, 0.2) is 0 Å². The zero-order valence-electron chi connectivity index (χ0n) is 10.7. The summed E-state index contributed by atoms with van der Waals surface area (Å²) in [6.07, 6.45) is -4.42. The number of hydrogen-bond acceptors (Lipinski definition) is 2. The maximum absolute atomic E-state index is 12.5. The van der Waals surface area contributed by atoms with Crippen LogP contribution in [0.1, 0.15) is 35.7 Å². The van der Waals surface area contributed by atoms with Crippen LogP contribution in [0.2, 0.25) is 0 Å². The van der Waals surface area contributed by atoms with Gasteiger partial charge in [-0.05, 0) is 31.5 Å². The molecular weight excluding hydrogens is 275 g/mol. The molecule has 0 aliphatic heterocycles. The van der Waals surface area contributed by atoms with Crippen molar-refractivity contribution in [1.29, 1.82) is 0 Å². The highest BCUT2D eigenvalue weighted by molar-refractivity contribution is 5.94. The van der Waals surface area contributed by atoms with E-state index in [1.807, 2.05) is 0 Å². The fourth-order valence-electron chi connectivity index (χ4n) is 1.56. The van der Waals surface area contributed by atoms with Crippen LogP contribution in [0.15, 0.2) is 24.3 Å². The Balaban J connectivity index is 2.70. The van der Waals surface area contributed by atoms with E-state index in [1.165, 1.54) is 6.07 Å². The molecule has 2 N–H and O–H groups in total. The Bertz CT molecular complexity index is 500. The van der Waals surface area contributed by atoms with Gasteiger partial charge in [-0.3, -0.25) is 9.59 Å². The average molecular weight is 289 g/mol. The summed E-state index contributed by atoms with van der Waals surface area (Å²) in [6, 6.07) is 3.63. The molecule has 20 heavy (non-hydrogen) atoms. The lowest BCUT2D eigenvalue weighted by Crippen LogP contribution is -2.33. The molecule has 0 aliphatic rings. The average Bonchev–Trinajstić information content (AvgIpc) is 2.35. The lowest BCUT2D eigenvalue weighted by atomic mass is 10.1. The van der Waals surface area contributed by atoms with Gasteiger partial charge < -0.3 is 10.4 Å². The molecule has 0 aliphatic carbocycles. The number of rotatable bonds is 5. The van der Waals surface area contributed by atoms with E-state index in [9.17, 15) is 22.8 Å². The number of alkyl halides is 3. The van der Waals surface area contributed by atoms with Crippen LogP contribution in [-0.2, 0) is 11.0 Å². The van der Waals surface area contributed by atoms with Gasteiger partial charge in [-0.1, -0.05) is 6.07 Å². The summed E-state index contributed by atoms with van der Waals surface area (Å²) < 4.78 is 37.5. The summed E-state index contributed by atoms with van der Waals surface area (Å²) in [4.78, 5) is 22.1. The number of carboxylic acids is 1. The van der Waals surface area contributed by atoms with Crippen molar-refractivity contribution in [3.05, 3.63) is 35.4 Å². The summed E-state index contributed by atoms with van der Waals surface area (Å²) in [6.45, 7) is 1.59. The monoisotopic (exact) mass is 289 g/mol. The normalized spacial score (nSPS) is 12.8. The lowest BCUT2D eigenvalue weighted by molar-refractivity contribution is -0.138. The molecule has 1 atom stereocenters. The molecule has 0 saturated heterocycles. The van der Waals surface area contributed by atoms with Crippen LogP contribution in [-0.4, -0.2) is 23.0 Å². The van der Waals surface area contributed by atoms with Crippen LogP contribution in [0.25, 0.3) is 0 Å². The topological polar surface area (TPSA) is 66.4 Å². The van der Waals surface area contributed by atoms with Crippen LogP contribution in [0, 0.1) is 0 Å². The maximum Gasteiger partial charge on any atom is 0.416 e. The molecule has 1 rings (SSSR count). The summed E-state index contributed by atoms with van der Waals surface area (Å²) in [5.41, 5.74) is -1.01. The lowest BCUT2D eigenvalue weighted by Gasteiger charge is -2.13. The first-order valence-corrected chi connectivity index (χ1v) is 5.90. The number of carbonyl (C=O) groups is 2. The molecule has 0 aromatic heterocycles. The first-order valence-electron chi connectivity index (χ1n) is 5.90. The van der Waals surface area contributed by atoms with E-state index >= 15 is 0 Å². The third kappa shape index (κ3) is 4.91. The number of benzene rings is 1. The quantitative estimate of drug-likeness (QED) is 0.875. The second kappa shape index (κ2) is 6.40. The Hall–Kier alpha value is -2.05. The van der Waals surface area contributed by atoms with Crippen molar-refractivity contribution < 1.29 is 27.9 Å². The highest BCUT2D eigenvalue weighted by Gasteiger charge is 2.30. The summed E-state index contributed by atoms with van der Waals surface area (Å²) in [7, 11) is 0. The molecule has 0 bridgehead atoms. The largest absolute Gasteiger partial charge is 0.481 e. The Morgan fingerprint density at radius 2 is 2.00 bits per heavy atom. The van der Waals surface area contributed by atoms with Gasteiger partial charge in [-0.15, -0.1) is 0 Å². The fraction of sp³-hybridized carbons (Fsp3) is 0.385. The highest BCUT2D eigenvalue weighted by atomic mass is 19.4. The second-order valence-electron chi connectivity index (χ2n) is 4.39. The second-order valence-corrected chi connectivity index (χ2v) is 4.39. The van der Waals surface area contributed by atoms with Crippen LogP contribution in [0.4, 0.5) is 13.2 Å². The fourth-order valence-corrected chi connectivity index (χ4v) is 1.56. The Morgan fingerprint density at radius 1 is 1.35 bits per heavy atom. The van der Waals surface area contributed by atoms with Crippen LogP contribution in [0.5, 0.6) is 0 Å². The van der Waals surface area contributed by atoms with E-state index in [1.54, 1.807) is 6.92 Å². The first kappa shape index (κ1) is 16.0. The molecule has 1 aromatic carbocycles. The van der Waals surface area contributed by atoms with Gasteiger partial charge in [-0.25, -0.2) is 0 Å². The third-order valence-corrected chi connectivity index (χ3v) is 2.62. The smallest absolute Gasteiger partial charge is 0.416 e. The number of nitrogens with one attached hydrogen (secondary N) is 1. The number of aliphatic carboxylic acids is 1. The molecule has 0 spiro atoms. The number of hydrogen-bond donors (Lipinski definition) is 2. The number of carboxylic acid groups (broad SMARTS) is 1. The van der Waals surface area contributed by atoms with Crippen molar-refractivity contribution >= 4 is 11.9 Å². The van der Waals surface area contributed by atoms with Gasteiger partial charge in [0.2, 0.25) is 0 Å². The molecule has 7 heteroatoms. The van der Waals surface area contributed by atoms with Crippen LogP contribution in [0.3, 0.4) is 0 Å². The Labute approximate surface area is 113 Å². The summed E-state index contributed by atoms with van der Waals surface area (Å²) in [5, 5.41) is 11.0. The van der Waals surface area contributed by atoms with Gasteiger partial charge >= 0.3 is 12.1 Å². The van der Waals surface area contributed by atoms with Gasteiger partial charge in [0.1, 0.15) is 0 Å². The minimum atomic E-state index is -4.51. The maximum atomic E-state index is 12.5. The molecule has 0 saturated carbocycles. The summed E-state index contributed by atoms with van der Waals surface area (Å²) >= 11 is 0. The SMILES string of the molecule is CC(CCC(=O)O)NC(=O)c1cccc(C(F)(F)F)c1. The first-order chi connectivity index (χ1) is 9.20. The molecular formula is C13H14F3NO3. The van der Waals surface area contributed by atoms with E-state index in [0.717, 1.165) is 18.2 Å². The predicted molar refractivity (Wildman–Crippen MR) is 65.2 cm³/mol. The Morgan fingerprint density at radius 3 is 2.55 bits per heavy atom. The number of halogens is 3. The van der Waals surface area contributed by atoms with E-state index in [2.05, 4.69) is 5.32 Å². The molecule has 4 nitrogen and oxygen atoms in total. The van der Waals surface area contributed by atoms with E-state index < -0.39 is 29.7 Å². The molecule has 1 unspecified atom stereocenters. The Kier molecular flexibility index (Phi) is 5.12. The van der Waals surface area contributed by atoms with Gasteiger partial charge in [0, 0.05) is 18.0 Å². The summed E-state index contributed by atoms with van der Waals surface area (Å²) in [5.74, 6) is -1.65. The minimum Gasteiger partial charge on any atom is -0.481 e. The third-order valence-electron chi connectivity index (χ3n) is 2.62. The molecule has 0 heterocycles. The predicted octanol–water partition coefficient (Wildman–Crippen LogP) is 2.69. The molecule has 0 fully saturated rings. The zero-order chi connectivity index (χ0) is 15.3. The van der Waals surface area contributed by atoms with Crippen molar-refractivity contribution in [3.8, 4) is 0 Å². The van der Waals surface area contributed by atoms with E-state index in [-0.39, 0.29) is 18.4 Å². The van der Waals surface area contributed by atoms with Gasteiger partial charge in [-0.2, -0.15) is 13.2 Å². The van der Waals surface area contributed by atoms with Gasteiger partial charge in [0.05, 0.1) is 5.56 Å². The molecule has 110 valence electrons. The van der Waals surface area contributed by atoms with Crippen molar-refractivity contribution in [1.82, 2.24) is 5.32 Å². The van der Waals surface area contributed by atoms with Crippen molar-refractivity contribution in [2.24, 2.45) is 0 Å². The molecule has 1 aromatic rings. The zero-order valence-corrected chi connectivity index (χ0v) is 10.7. The number of carbonyl (C=O) groups excluding carboxylic acids is 1. The van der Waals surface area contributed by atoms with E-state index in [0.29, 0.717) is 0 Å². The molecule has 0 radical (unpaired) electrons. The van der Waals surface area contributed by atoms with Crippen molar-refractivity contribution in [3.63, 3.8) is 0 Å². The van der Waals surface area contributed by atoms with Crippen LogP contribution < -0.4 is 5.32 Å². The molecule has 1 amide bonds. The van der Waals surface area contributed by atoms with Crippen molar-refractivity contribution in [2.75, 3.05) is 0 Å². The van der Waals surface area contributed by atoms with E-state index in [4.69, 9.17) is 5.11 Å². The standard InChI is InChI=1S/C13H14F3NO3/c1-8(5-6-11(18)19)17-12(20)9-3-2-4-10(7-9)13(14,15)16/h2-4,7-8H,5-6H2,1H3,(H,17,20)(H,18,19).